The van der Waals surface area contributed by atoms with Gasteiger partial charge < -0.3 is 16.0 Å². The zero-order valence-corrected chi connectivity index (χ0v) is 13.5. The van der Waals surface area contributed by atoms with Crippen LogP contribution in [0, 0.1) is 5.92 Å². The van der Waals surface area contributed by atoms with Gasteiger partial charge in [-0.25, -0.2) is 4.99 Å². The lowest BCUT2D eigenvalue weighted by atomic mass is 10.1. The average molecular weight is 302 g/mol. The van der Waals surface area contributed by atoms with Gasteiger partial charge in [0, 0.05) is 25.2 Å². The van der Waals surface area contributed by atoms with E-state index in [1.807, 2.05) is 31.2 Å². The van der Waals surface area contributed by atoms with Crippen molar-refractivity contribution in [2.45, 2.75) is 33.2 Å². The Morgan fingerprint density at radius 1 is 1.18 bits per heavy atom. The number of benzene rings is 1. The molecule has 0 aliphatic heterocycles. The Morgan fingerprint density at radius 3 is 2.64 bits per heavy atom. The molecule has 120 valence electrons. The van der Waals surface area contributed by atoms with Crippen molar-refractivity contribution in [2.24, 2.45) is 10.9 Å². The Morgan fingerprint density at radius 2 is 1.95 bits per heavy atom. The van der Waals surface area contributed by atoms with Crippen LogP contribution in [0.3, 0.4) is 0 Å². The van der Waals surface area contributed by atoms with Crippen LogP contribution >= 0.6 is 0 Å². The molecule has 1 fully saturated rings. The number of carbonyl (C=O) groups excluding carboxylic acids is 1. The van der Waals surface area contributed by atoms with E-state index in [1.54, 1.807) is 0 Å². The molecule has 1 aromatic carbocycles. The number of amides is 1. The van der Waals surface area contributed by atoms with Gasteiger partial charge in [0.25, 0.3) is 5.91 Å². The smallest absolute Gasteiger partial charge is 0.251 e. The zero-order valence-electron chi connectivity index (χ0n) is 13.5. The average Bonchev–Trinajstić information content (AvgIpc) is 3.35. The van der Waals surface area contributed by atoms with Gasteiger partial charge in [-0.3, -0.25) is 4.79 Å². The van der Waals surface area contributed by atoms with Gasteiger partial charge in [-0.05, 0) is 50.3 Å². The molecule has 5 heteroatoms. The second-order valence-electron chi connectivity index (χ2n) is 5.58. The summed E-state index contributed by atoms with van der Waals surface area (Å²) in [6, 6.07) is 7.63. The summed E-state index contributed by atoms with van der Waals surface area (Å²) in [7, 11) is 0. The van der Waals surface area contributed by atoms with Crippen LogP contribution in [0.4, 0.5) is 0 Å². The highest BCUT2D eigenvalue weighted by atomic mass is 16.1. The Bertz CT molecular complexity index is 523. The topological polar surface area (TPSA) is 65.5 Å². The number of guanidine groups is 1. The third kappa shape index (κ3) is 5.39. The highest BCUT2D eigenvalue weighted by Crippen LogP contribution is 2.27. The first-order chi connectivity index (χ1) is 10.7. The summed E-state index contributed by atoms with van der Waals surface area (Å²) in [5.74, 6) is 1.62. The quantitative estimate of drug-likeness (QED) is 0.532. The van der Waals surface area contributed by atoms with Crippen molar-refractivity contribution in [1.29, 1.82) is 0 Å². The second kappa shape index (κ2) is 8.41. The summed E-state index contributed by atoms with van der Waals surface area (Å²) < 4.78 is 0. The minimum Gasteiger partial charge on any atom is -0.357 e. The molecule has 2 rings (SSSR count). The summed E-state index contributed by atoms with van der Waals surface area (Å²) in [5, 5.41) is 9.44. The largest absolute Gasteiger partial charge is 0.357 e. The predicted octanol–water partition coefficient (Wildman–Crippen LogP) is 1.90. The van der Waals surface area contributed by atoms with E-state index in [1.165, 1.54) is 12.8 Å². The van der Waals surface area contributed by atoms with Crippen LogP contribution in [-0.2, 0) is 6.54 Å². The van der Waals surface area contributed by atoms with Crippen molar-refractivity contribution in [3.63, 3.8) is 0 Å². The summed E-state index contributed by atoms with van der Waals surface area (Å²) >= 11 is 0. The molecule has 1 aliphatic rings. The number of nitrogens with zero attached hydrogens (tertiary/aromatic N) is 1. The maximum absolute atomic E-state index is 11.9. The fourth-order valence-electron chi connectivity index (χ4n) is 2.15. The molecule has 5 nitrogen and oxygen atoms in total. The van der Waals surface area contributed by atoms with Gasteiger partial charge >= 0.3 is 0 Å². The third-order valence-corrected chi connectivity index (χ3v) is 3.55. The lowest BCUT2D eigenvalue weighted by Gasteiger charge is -2.11. The van der Waals surface area contributed by atoms with Gasteiger partial charge in [0.2, 0.25) is 0 Å². The number of nitrogens with one attached hydrogen (secondary N) is 3. The fourth-order valence-corrected chi connectivity index (χ4v) is 2.15. The number of carbonyl (C=O) groups is 1. The van der Waals surface area contributed by atoms with Crippen LogP contribution < -0.4 is 16.0 Å². The maximum atomic E-state index is 11.9. The summed E-state index contributed by atoms with van der Waals surface area (Å²) in [4.78, 5) is 16.4. The fraction of sp³-hybridized carbons (Fsp3) is 0.529. The van der Waals surface area contributed by atoms with Crippen LogP contribution in [0.1, 0.15) is 42.6 Å². The summed E-state index contributed by atoms with van der Waals surface area (Å²) in [5.41, 5.74) is 1.72. The Balaban J connectivity index is 1.95. The van der Waals surface area contributed by atoms with Crippen molar-refractivity contribution in [3.05, 3.63) is 35.4 Å². The van der Waals surface area contributed by atoms with Crippen molar-refractivity contribution < 1.29 is 4.79 Å². The highest BCUT2D eigenvalue weighted by molar-refractivity contribution is 5.94. The maximum Gasteiger partial charge on any atom is 0.251 e. The minimum absolute atomic E-state index is 0.0351. The molecule has 0 spiro atoms. The molecule has 0 atom stereocenters. The Hall–Kier alpha value is -2.04. The molecular weight excluding hydrogens is 276 g/mol. The molecule has 1 aliphatic carbocycles. The van der Waals surface area contributed by atoms with Gasteiger partial charge in [0.15, 0.2) is 5.96 Å². The molecule has 1 aromatic rings. The lowest BCUT2D eigenvalue weighted by molar-refractivity contribution is 0.0955. The monoisotopic (exact) mass is 302 g/mol. The number of hydrogen-bond donors (Lipinski definition) is 3. The molecule has 22 heavy (non-hydrogen) atoms. The Kier molecular flexibility index (Phi) is 6.25. The summed E-state index contributed by atoms with van der Waals surface area (Å²) in [6.45, 7) is 7.01. The van der Waals surface area contributed by atoms with Crippen molar-refractivity contribution in [2.75, 3.05) is 19.6 Å². The van der Waals surface area contributed by atoms with E-state index < -0.39 is 0 Å². The van der Waals surface area contributed by atoms with Crippen LogP contribution in [0.25, 0.3) is 0 Å². The second-order valence-corrected chi connectivity index (χ2v) is 5.58. The first-order valence-corrected chi connectivity index (χ1v) is 8.12. The van der Waals surface area contributed by atoms with Gasteiger partial charge in [0.05, 0.1) is 6.54 Å². The SMILES string of the molecule is CCNC(=O)c1cccc(CN=C(NCC)NCC2CC2)c1. The van der Waals surface area contributed by atoms with E-state index in [9.17, 15) is 4.79 Å². The van der Waals surface area contributed by atoms with Gasteiger partial charge in [0.1, 0.15) is 0 Å². The first-order valence-electron chi connectivity index (χ1n) is 8.12. The molecule has 0 aromatic heterocycles. The van der Waals surface area contributed by atoms with Crippen molar-refractivity contribution >= 4 is 11.9 Å². The van der Waals surface area contributed by atoms with E-state index in [4.69, 9.17) is 0 Å². The van der Waals surface area contributed by atoms with E-state index in [-0.39, 0.29) is 5.91 Å². The van der Waals surface area contributed by atoms with Gasteiger partial charge in [-0.2, -0.15) is 0 Å². The molecule has 3 N–H and O–H groups in total. The molecule has 1 saturated carbocycles. The predicted molar refractivity (Wildman–Crippen MR) is 90.0 cm³/mol. The summed E-state index contributed by atoms with van der Waals surface area (Å²) in [6.07, 6.45) is 2.64. The van der Waals surface area contributed by atoms with Gasteiger partial charge in [-0.1, -0.05) is 12.1 Å². The molecular formula is C17H26N4O. The molecule has 0 saturated heterocycles. The van der Waals surface area contributed by atoms with E-state index in [2.05, 4.69) is 27.9 Å². The van der Waals surface area contributed by atoms with Crippen LogP contribution in [0.2, 0.25) is 0 Å². The normalized spacial score (nSPS) is 14.5. The van der Waals surface area contributed by atoms with E-state index >= 15 is 0 Å². The van der Waals surface area contributed by atoms with E-state index in [0.29, 0.717) is 18.7 Å². The first kappa shape index (κ1) is 16.3. The standard InChI is InChI=1S/C17H26N4O/c1-3-18-16(22)15-7-5-6-14(10-15)12-21-17(19-4-2)20-11-13-8-9-13/h5-7,10,13H,3-4,8-9,11-12H2,1-2H3,(H,18,22)(H2,19,20,21). The van der Waals surface area contributed by atoms with Crippen molar-refractivity contribution in [1.82, 2.24) is 16.0 Å². The zero-order chi connectivity index (χ0) is 15.8. The van der Waals surface area contributed by atoms with Crippen LogP contribution in [0.15, 0.2) is 29.3 Å². The van der Waals surface area contributed by atoms with Crippen molar-refractivity contribution in [3.8, 4) is 0 Å². The minimum atomic E-state index is -0.0351. The third-order valence-electron chi connectivity index (χ3n) is 3.55. The number of rotatable bonds is 7. The molecule has 0 heterocycles. The lowest BCUT2D eigenvalue weighted by Crippen LogP contribution is -2.38. The van der Waals surface area contributed by atoms with Gasteiger partial charge in [-0.15, -0.1) is 0 Å². The van der Waals surface area contributed by atoms with Crippen LogP contribution in [-0.4, -0.2) is 31.5 Å². The van der Waals surface area contributed by atoms with Crippen LogP contribution in [0.5, 0.6) is 0 Å². The molecule has 1 amide bonds. The molecule has 0 unspecified atom stereocenters. The molecule has 0 bridgehead atoms. The number of hydrogen-bond acceptors (Lipinski definition) is 2. The Labute approximate surface area is 132 Å². The highest BCUT2D eigenvalue weighted by Gasteiger charge is 2.20. The molecule has 0 radical (unpaired) electrons. The number of aliphatic imine (C=N–C) groups is 1. The van der Waals surface area contributed by atoms with E-state index in [0.717, 1.165) is 30.5 Å².